The Bertz CT molecular complexity index is 413. The summed E-state index contributed by atoms with van der Waals surface area (Å²) in [5.74, 6) is -0.753. The maximum Gasteiger partial charge on any atom is 0.331 e. The van der Waals surface area contributed by atoms with Crippen LogP contribution >= 0.6 is 0 Å². The molecule has 0 aliphatic heterocycles. The molecule has 0 radical (unpaired) electrons. The molecule has 28 heavy (non-hydrogen) atoms. The van der Waals surface area contributed by atoms with Crippen molar-refractivity contribution >= 4 is 5.97 Å². The highest BCUT2D eigenvalue weighted by atomic mass is 16.4. The van der Waals surface area contributed by atoms with E-state index in [1.54, 1.807) is 6.92 Å². The summed E-state index contributed by atoms with van der Waals surface area (Å²) in [5.41, 5.74) is 1.73. The number of rotatable bonds is 18. The molecule has 0 heterocycles. The molecular weight excluding hydrogens is 346 g/mol. The molecule has 0 aromatic carbocycles. The van der Waals surface area contributed by atoms with Crippen LogP contribution in [0.1, 0.15) is 137 Å². The zero-order chi connectivity index (χ0) is 20.5. The number of carboxylic acids is 1. The summed E-state index contributed by atoms with van der Waals surface area (Å²) in [7, 11) is 0. The molecular formula is C25H51NO2. The molecule has 0 saturated heterocycles. The smallest absolute Gasteiger partial charge is 0.331 e. The van der Waals surface area contributed by atoms with Crippen LogP contribution in [-0.2, 0) is 4.79 Å². The molecule has 0 aliphatic rings. The predicted molar refractivity (Wildman–Crippen MR) is 124 cm³/mol. The summed E-state index contributed by atoms with van der Waals surface area (Å²) in [6.07, 6.45) is 20.9. The fourth-order valence-electron chi connectivity index (χ4n) is 4.15. The maximum atomic E-state index is 11.4. The Labute approximate surface area is 176 Å². The number of carboxylic acid groups (broad SMARTS) is 1. The first-order valence-corrected chi connectivity index (χ1v) is 11.8. The van der Waals surface area contributed by atoms with Gasteiger partial charge in [-0.25, -0.2) is 4.79 Å². The lowest BCUT2D eigenvalue weighted by Gasteiger charge is -2.29. The van der Waals surface area contributed by atoms with Gasteiger partial charge in [-0.3, -0.25) is 0 Å². The van der Waals surface area contributed by atoms with Gasteiger partial charge >= 0.3 is 5.97 Å². The van der Waals surface area contributed by atoms with Crippen LogP contribution in [0.3, 0.4) is 0 Å². The summed E-state index contributed by atoms with van der Waals surface area (Å²) in [4.78, 5) is 11.4. The summed E-state index contributed by atoms with van der Waals surface area (Å²) >= 11 is 0. The number of hydrogen-bond donors (Lipinski definition) is 2. The third kappa shape index (κ3) is 14.2. The van der Waals surface area contributed by atoms with E-state index in [0.717, 1.165) is 24.8 Å². The second-order valence-electron chi connectivity index (χ2n) is 9.04. The first-order valence-electron chi connectivity index (χ1n) is 11.8. The highest BCUT2D eigenvalue weighted by Crippen LogP contribution is 2.37. The lowest BCUT2D eigenvalue weighted by atomic mass is 9.75. The molecule has 0 unspecified atom stereocenters. The third-order valence-corrected chi connectivity index (χ3v) is 6.00. The van der Waals surface area contributed by atoms with Crippen LogP contribution in [-0.4, -0.2) is 11.1 Å². The zero-order valence-corrected chi connectivity index (χ0v) is 19.9. The number of unbranched alkanes of at least 4 members (excludes halogenated alkanes) is 12. The van der Waals surface area contributed by atoms with Gasteiger partial charge in [0.1, 0.15) is 0 Å². The number of carbonyl (C=O) groups is 1. The van der Waals surface area contributed by atoms with Crippen LogP contribution in [0.4, 0.5) is 0 Å². The summed E-state index contributed by atoms with van der Waals surface area (Å²) in [6, 6.07) is 0. The standard InChI is InChI=1S/C25H48O2.H3N/c1-6-8-9-10-11-12-13-14-15-16-17-18-19-21-25(4,5)23(20-7-2)22(3)24(26)27;/h6-21H2,1-5H3,(H,26,27);1H3/b23-22+;. The average molecular weight is 398 g/mol. The fraction of sp³-hybridized carbons (Fsp3) is 0.880. The largest absolute Gasteiger partial charge is 0.478 e. The van der Waals surface area contributed by atoms with E-state index in [2.05, 4.69) is 27.7 Å². The van der Waals surface area contributed by atoms with E-state index in [9.17, 15) is 9.90 Å². The van der Waals surface area contributed by atoms with E-state index in [0.29, 0.717) is 5.57 Å². The Morgan fingerprint density at radius 3 is 1.46 bits per heavy atom. The molecule has 0 spiro atoms. The fourth-order valence-corrected chi connectivity index (χ4v) is 4.15. The minimum absolute atomic E-state index is 0. The summed E-state index contributed by atoms with van der Waals surface area (Å²) in [6.45, 7) is 10.6. The molecule has 0 aromatic heterocycles. The average Bonchev–Trinajstić information content (AvgIpc) is 2.62. The minimum atomic E-state index is -0.753. The predicted octanol–water partition coefficient (Wildman–Crippen LogP) is 8.86. The molecule has 0 bridgehead atoms. The molecule has 0 atom stereocenters. The van der Waals surface area contributed by atoms with Crippen molar-refractivity contribution in [2.24, 2.45) is 5.41 Å². The third-order valence-electron chi connectivity index (χ3n) is 6.00. The van der Waals surface area contributed by atoms with E-state index in [1.165, 1.54) is 83.5 Å². The monoisotopic (exact) mass is 397 g/mol. The van der Waals surface area contributed by atoms with Crippen molar-refractivity contribution in [3.05, 3.63) is 11.1 Å². The molecule has 3 nitrogen and oxygen atoms in total. The molecule has 0 rings (SSSR count). The highest BCUT2D eigenvalue weighted by Gasteiger charge is 2.26. The Balaban J connectivity index is 0. The van der Waals surface area contributed by atoms with Gasteiger partial charge in [0.15, 0.2) is 0 Å². The van der Waals surface area contributed by atoms with Gasteiger partial charge in [-0.2, -0.15) is 0 Å². The zero-order valence-electron chi connectivity index (χ0n) is 19.9. The number of aliphatic carboxylic acids is 1. The van der Waals surface area contributed by atoms with Gasteiger partial charge in [0, 0.05) is 5.57 Å². The van der Waals surface area contributed by atoms with E-state index in [-0.39, 0.29) is 11.6 Å². The Morgan fingerprint density at radius 1 is 0.714 bits per heavy atom. The van der Waals surface area contributed by atoms with Crippen molar-refractivity contribution in [2.75, 3.05) is 0 Å². The minimum Gasteiger partial charge on any atom is -0.478 e. The van der Waals surface area contributed by atoms with Crippen LogP contribution in [0.2, 0.25) is 0 Å². The van der Waals surface area contributed by atoms with Crippen LogP contribution in [0.25, 0.3) is 0 Å². The normalized spacial score (nSPS) is 12.5. The molecule has 0 amide bonds. The molecule has 0 saturated carbocycles. The molecule has 4 N–H and O–H groups in total. The second-order valence-corrected chi connectivity index (χ2v) is 9.04. The van der Waals surface area contributed by atoms with Gasteiger partial charge in [-0.15, -0.1) is 0 Å². The van der Waals surface area contributed by atoms with Crippen molar-refractivity contribution < 1.29 is 9.90 Å². The van der Waals surface area contributed by atoms with Gasteiger partial charge in [-0.05, 0) is 25.2 Å². The summed E-state index contributed by atoms with van der Waals surface area (Å²) < 4.78 is 0. The number of hydrogen-bond acceptors (Lipinski definition) is 2. The molecule has 0 aromatic rings. The Hall–Kier alpha value is -0.830. The molecule has 3 heteroatoms. The summed E-state index contributed by atoms with van der Waals surface area (Å²) in [5, 5.41) is 9.37. The Kier molecular flexibility index (Phi) is 19.1. The first-order chi connectivity index (χ1) is 12.9. The van der Waals surface area contributed by atoms with Gasteiger partial charge in [0.2, 0.25) is 0 Å². The van der Waals surface area contributed by atoms with Crippen LogP contribution in [0.15, 0.2) is 11.1 Å². The van der Waals surface area contributed by atoms with Crippen molar-refractivity contribution in [3.8, 4) is 0 Å². The van der Waals surface area contributed by atoms with Crippen molar-refractivity contribution in [1.82, 2.24) is 6.15 Å². The van der Waals surface area contributed by atoms with Crippen LogP contribution in [0.5, 0.6) is 0 Å². The van der Waals surface area contributed by atoms with E-state index < -0.39 is 5.97 Å². The van der Waals surface area contributed by atoms with Gasteiger partial charge in [0.05, 0.1) is 0 Å². The van der Waals surface area contributed by atoms with Crippen molar-refractivity contribution in [1.29, 1.82) is 0 Å². The highest BCUT2D eigenvalue weighted by molar-refractivity contribution is 5.87. The molecule has 168 valence electrons. The van der Waals surface area contributed by atoms with Crippen LogP contribution < -0.4 is 6.15 Å². The topological polar surface area (TPSA) is 72.3 Å². The quantitative estimate of drug-likeness (QED) is 0.179. The number of allylic oxidation sites excluding steroid dienone is 1. The van der Waals surface area contributed by atoms with Gasteiger partial charge in [-0.1, -0.05) is 123 Å². The van der Waals surface area contributed by atoms with Crippen molar-refractivity contribution in [2.45, 2.75) is 137 Å². The SMILES string of the molecule is CCCCCCCCCCCCCCCC(C)(C)/C(CCC)=C(\C)C(=O)O.N. The second kappa shape index (κ2) is 18.2. The van der Waals surface area contributed by atoms with Gasteiger partial charge in [0.25, 0.3) is 0 Å². The van der Waals surface area contributed by atoms with E-state index in [1.807, 2.05) is 0 Å². The van der Waals surface area contributed by atoms with Gasteiger partial charge < -0.3 is 11.3 Å². The van der Waals surface area contributed by atoms with Crippen molar-refractivity contribution in [3.63, 3.8) is 0 Å². The van der Waals surface area contributed by atoms with Crippen LogP contribution in [0, 0.1) is 5.41 Å². The molecule has 0 aliphatic carbocycles. The van der Waals surface area contributed by atoms with E-state index in [4.69, 9.17) is 0 Å². The first kappa shape index (κ1) is 29.4. The maximum absolute atomic E-state index is 11.4. The van der Waals surface area contributed by atoms with E-state index >= 15 is 0 Å². The lowest BCUT2D eigenvalue weighted by molar-refractivity contribution is -0.132. The Morgan fingerprint density at radius 2 is 1.11 bits per heavy atom. The molecule has 0 fully saturated rings. The lowest BCUT2D eigenvalue weighted by Crippen LogP contribution is -2.19.